The summed E-state index contributed by atoms with van der Waals surface area (Å²) in [6.45, 7) is 5.76. The van der Waals surface area contributed by atoms with E-state index < -0.39 is 0 Å². The largest absolute Gasteiger partial charge is 0.497 e. The Morgan fingerprint density at radius 3 is 2.39 bits per heavy atom. The number of methoxy groups -OCH3 is 1. The summed E-state index contributed by atoms with van der Waals surface area (Å²) in [4.78, 5) is 21.3. The Balaban J connectivity index is 1.52. The van der Waals surface area contributed by atoms with Gasteiger partial charge in [-0.05, 0) is 48.5 Å². The van der Waals surface area contributed by atoms with Crippen molar-refractivity contribution in [2.75, 3.05) is 53.4 Å². The zero-order valence-corrected chi connectivity index (χ0v) is 18.2. The SMILES string of the molecule is COc1ccc(-c2cc(C(=O)NCCN3CCN(C)CC3)c(-c3ccccc3)[nH]2)cc1. The average Bonchev–Trinajstić information content (AvgIpc) is 3.27. The van der Waals surface area contributed by atoms with Crippen LogP contribution in [-0.4, -0.2) is 74.1 Å². The number of hydrogen-bond donors (Lipinski definition) is 2. The molecule has 6 heteroatoms. The third kappa shape index (κ3) is 5.16. The summed E-state index contributed by atoms with van der Waals surface area (Å²) in [7, 11) is 3.80. The molecule has 6 nitrogen and oxygen atoms in total. The lowest BCUT2D eigenvalue weighted by Gasteiger charge is -2.32. The number of ether oxygens (including phenoxy) is 1. The first-order valence-corrected chi connectivity index (χ1v) is 10.8. The van der Waals surface area contributed by atoms with Crippen LogP contribution in [0.25, 0.3) is 22.5 Å². The van der Waals surface area contributed by atoms with Crippen molar-refractivity contribution in [3.63, 3.8) is 0 Å². The second-order valence-corrected chi connectivity index (χ2v) is 7.97. The van der Waals surface area contributed by atoms with E-state index in [-0.39, 0.29) is 5.91 Å². The van der Waals surface area contributed by atoms with Gasteiger partial charge in [-0.3, -0.25) is 9.69 Å². The molecule has 1 amide bonds. The first-order valence-electron chi connectivity index (χ1n) is 10.8. The minimum atomic E-state index is -0.0519. The Morgan fingerprint density at radius 1 is 1.00 bits per heavy atom. The fourth-order valence-corrected chi connectivity index (χ4v) is 3.89. The van der Waals surface area contributed by atoms with E-state index in [1.54, 1.807) is 7.11 Å². The van der Waals surface area contributed by atoms with Crippen molar-refractivity contribution >= 4 is 5.91 Å². The number of rotatable bonds is 7. The van der Waals surface area contributed by atoms with Gasteiger partial charge in [0.1, 0.15) is 5.75 Å². The second-order valence-electron chi connectivity index (χ2n) is 7.97. The molecule has 3 aromatic rings. The van der Waals surface area contributed by atoms with Gasteiger partial charge < -0.3 is 19.9 Å². The highest BCUT2D eigenvalue weighted by Gasteiger charge is 2.18. The predicted octanol–water partition coefficient (Wildman–Crippen LogP) is 3.33. The topological polar surface area (TPSA) is 60.6 Å². The molecule has 1 fully saturated rings. The molecule has 162 valence electrons. The van der Waals surface area contributed by atoms with Crippen LogP contribution in [0.4, 0.5) is 0 Å². The molecule has 1 aromatic heterocycles. The molecule has 1 saturated heterocycles. The molecule has 2 N–H and O–H groups in total. The van der Waals surface area contributed by atoms with Gasteiger partial charge in [0.2, 0.25) is 0 Å². The number of aromatic nitrogens is 1. The Bertz CT molecular complexity index is 990. The van der Waals surface area contributed by atoms with E-state index in [0.717, 1.165) is 61.0 Å². The second kappa shape index (κ2) is 9.81. The van der Waals surface area contributed by atoms with E-state index in [9.17, 15) is 4.79 Å². The third-order valence-electron chi connectivity index (χ3n) is 5.84. The summed E-state index contributed by atoms with van der Waals surface area (Å²) in [5.41, 5.74) is 4.41. The number of likely N-dealkylation sites (N-methyl/N-ethyl adjacent to an activating group) is 1. The van der Waals surface area contributed by atoms with Gasteiger partial charge in [0.15, 0.2) is 0 Å². The van der Waals surface area contributed by atoms with Crippen LogP contribution < -0.4 is 10.1 Å². The monoisotopic (exact) mass is 418 g/mol. The van der Waals surface area contributed by atoms with E-state index in [1.807, 2.05) is 60.7 Å². The molecular weight excluding hydrogens is 388 g/mol. The van der Waals surface area contributed by atoms with Gasteiger partial charge in [-0.2, -0.15) is 0 Å². The van der Waals surface area contributed by atoms with E-state index in [1.165, 1.54) is 0 Å². The first kappa shape index (κ1) is 21.2. The average molecular weight is 419 g/mol. The van der Waals surface area contributed by atoms with Gasteiger partial charge in [0.05, 0.1) is 18.4 Å². The quantitative estimate of drug-likeness (QED) is 0.618. The fourth-order valence-electron chi connectivity index (χ4n) is 3.89. The normalized spacial score (nSPS) is 15.0. The Hall–Kier alpha value is -3.09. The predicted molar refractivity (Wildman–Crippen MR) is 124 cm³/mol. The highest BCUT2D eigenvalue weighted by Crippen LogP contribution is 2.30. The third-order valence-corrected chi connectivity index (χ3v) is 5.84. The van der Waals surface area contributed by atoms with E-state index >= 15 is 0 Å². The van der Waals surface area contributed by atoms with Crippen molar-refractivity contribution in [2.24, 2.45) is 0 Å². The van der Waals surface area contributed by atoms with Crippen molar-refractivity contribution in [3.8, 4) is 28.3 Å². The highest BCUT2D eigenvalue weighted by molar-refractivity contribution is 6.01. The summed E-state index contributed by atoms with van der Waals surface area (Å²) in [5.74, 6) is 0.754. The molecule has 0 spiro atoms. The summed E-state index contributed by atoms with van der Waals surface area (Å²) in [6.07, 6.45) is 0. The number of amides is 1. The van der Waals surface area contributed by atoms with Crippen LogP contribution in [0.3, 0.4) is 0 Å². The fraction of sp³-hybridized carbons (Fsp3) is 0.320. The number of hydrogen-bond acceptors (Lipinski definition) is 4. The van der Waals surface area contributed by atoms with Crippen LogP contribution in [0.1, 0.15) is 10.4 Å². The number of nitrogens with one attached hydrogen (secondary N) is 2. The van der Waals surface area contributed by atoms with Gasteiger partial charge in [-0.1, -0.05) is 30.3 Å². The summed E-state index contributed by atoms with van der Waals surface area (Å²) >= 11 is 0. The van der Waals surface area contributed by atoms with Gasteiger partial charge in [0.25, 0.3) is 5.91 Å². The van der Waals surface area contributed by atoms with Crippen LogP contribution in [0.2, 0.25) is 0 Å². The van der Waals surface area contributed by atoms with E-state index in [2.05, 4.69) is 27.1 Å². The number of aromatic amines is 1. The molecule has 0 atom stereocenters. The lowest BCUT2D eigenvalue weighted by Crippen LogP contribution is -2.46. The number of piperazine rings is 1. The molecule has 1 aliphatic rings. The van der Waals surface area contributed by atoms with E-state index in [4.69, 9.17) is 4.74 Å². The smallest absolute Gasteiger partial charge is 0.253 e. The number of benzene rings is 2. The molecule has 0 bridgehead atoms. The van der Waals surface area contributed by atoms with E-state index in [0.29, 0.717) is 12.1 Å². The lowest BCUT2D eigenvalue weighted by atomic mass is 10.1. The maximum Gasteiger partial charge on any atom is 0.253 e. The standard InChI is InChI=1S/C25H30N4O2/c1-28-14-16-29(17-15-28)13-12-26-25(30)22-18-23(19-8-10-21(31-2)11-9-19)27-24(22)20-6-4-3-5-7-20/h3-11,18,27H,12-17H2,1-2H3,(H,26,30). The molecule has 0 aliphatic carbocycles. The first-order chi connectivity index (χ1) is 15.1. The minimum Gasteiger partial charge on any atom is -0.497 e. The van der Waals surface area contributed by atoms with Gasteiger partial charge in [-0.25, -0.2) is 0 Å². The van der Waals surface area contributed by atoms with Gasteiger partial charge >= 0.3 is 0 Å². The molecule has 1 aliphatic heterocycles. The molecular formula is C25H30N4O2. The maximum atomic E-state index is 13.1. The van der Waals surface area contributed by atoms with Crippen molar-refractivity contribution < 1.29 is 9.53 Å². The van der Waals surface area contributed by atoms with Crippen LogP contribution in [-0.2, 0) is 0 Å². The van der Waals surface area contributed by atoms with Crippen molar-refractivity contribution in [3.05, 3.63) is 66.2 Å². The zero-order chi connectivity index (χ0) is 21.6. The van der Waals surface area contributed by atoms with Crippen LogP contribution in [0.5, 0.6) is 5.75 Å². The highest BCUT2D eigenvalue weighted by atomic mass is 16.5. The molecule has 2 aromatic carbocycles. The lowest BCUT2D eigenvalue weighted by molar-refractivity contribution is 0.0942. The molecule has 4 rings (SSSR count). The Morgan fingerprint density at radius 2 is 1.71 bits per heavy atom. The maximum absolute atomic E-state index is 13.1. The molecule has 0 saturated carbocycles. The Labute approximate surface area is 183 Å². The van der Waals surface area contributed by atoms with Crippen molar-refractivity contribution in [1.82, 2.24) is 20.1 Å². The number of carbonyl (C=O) groups excluding carboxylic acids is 1. The number of carbonyl (C=O) groups is 1. The summed E-state index contributed by atoms with van der Waals surface area (Å²) in [6, 6.07) is 19.8. The van der Waals surface area contributed by atoms with Gasteiger partial charge in [-0.15, -0.1) is 0 Å². The molecule has 0 unspecified atom stereocenters. The number of H-pyrrole nitrogens is 1. The zero-order valence-electron chi connectivity index (χ0n) is 18.2. The minimum absolute atomic E-state index is 0.0519. The van der Waals surface area contributed by atoms with Crippen molar-refractivity contribution in [1.29, 1.82) is 0 Å². The number of nitrogens with zero attached hydrogens (tertiary/aromatic N) is 2. The van der Waals surface area contributed by atoms with Crippen molar-refractivity contribution in [2.45, 2.75) is 0 Å². The van der Waals surface area contributed by atoms with Crippen LogP contribution in [0.15, 0.2) is 60.7 Å². The molecule has 2 heterocycles. The van der Waals surface area contributed by atoms with Crippen LogP contribution in [0, 0.1) is 0 Å². The van der Waals surface area contributed by atoms with Crippen LogP contribution >= 0.6 is 0 Å². The van der Waals surface area contributed by atoms with Gasteiger partial charge in [0, 0.05) is 45.0 Å². The summed E-state index contributed by atoms with van der Waals surface area (Å²) in [5, 5.41) is 3.12. The Kier molecular flexibility index (Phi) is 6.70. The summed E-state index contributed by atoms with van der Waals surface area (Å²) < 4.78 is 5.26. The molecule has 31 heavy (non-hydrogen) atoms. The molecule has 0 radical (unpaired) electrons.